The van der Waals surface area contributed by atoms with E-state index in [0.29, 0.717) is 17.4 Å². The van der Waals surface area contributed by atoms with Crippen LogP contribution in [0.5, 0.6) is 5.75 Å². The summed E-state index contributed by atoms with van der Waals surface area (Å²) in [5.74, 6) is 2.51. The van der Waals surface area contributed by atoms with Gasteiger partial charge < -0.3 is 19.5 Å². The third-order valence-electron chi connectivity index (χ3n) is 7.01. The van der Waals surface area contributed by atoms with Gasteiger partial charge in [-0.25, -0.2) is 4.99 Å². The van der Waals surface area contributed by atoms with Crippen molar-refractivity contribution in [3.05, 3.63) is 65.5 Å². The first kappa shape index (κ1) is 26.9. The lowest BCUT2D eigenvalue weighted by molar-refractivity contribution is 0.319. The molecule has 3 N–H and O–H groups in total. The molecule has 198 valence electrons. The van der Waals surface area contributed by atoms with Crippen molar-refractivity contribution in [1.29, 1.82) is 10.8 Å². The number of benzene rings is 1. The number of hydrogen-bond acceptors (Lipinski definition) is 5. The van der Waals surface area contributed by atoms with E-state index in [0.717, 1.165) is 59.8 Å². The summed E-state index contributed by atoms with van der Waals surface area (Å²) in [6, 6.07) is 12.3. The van der Waals surface area contributed by atoms with Crippen LogP contribution in [0.1, 0.15) is 63.6 Å². The zero-order valence-corrected chi connectivity index (χ0v) is 22.9. The molecule has 0 radical (unpaired) electrons. The predicted molar refractivity (Wildman–Crippen MR) is 157 cm³/mol. The molecule has 2 aromatic heterocycles. The highest BCUT2D eigenvalue weighted by Gasteiger charge is 2.27. The van der Waals surface area contributed by atoms with Gasteiger partial charge in [0.1, 0.15) is 23.2 Å². The Morgan fingerprint density at radius 2 is 2.05 bits per heavy atom. The van der Waals surface area contributed by atoms with Crippen molar-refractivity contribution < 1.29 is 4.74 Å². The van der Waals surface area contributed by atoms with Crippen molar-refractivity contribution in [3.8, 4) is 17.0 Å². The molecule has 1 fully saturated rings. The van der Waals surface area contributed by atoms with Gasteiger partial charge in [0.05, 0.1) is 24.8 Å². The number of aliphatic imine (C=N–C) groups is 1. The van der Waals surface area contributed by atoms with Gasteiger partial charge in [-0.1, -0.05) is 18.6 Å². The van der Waals surface area contributed by atoms with E-state index in [1.165, 1.54) is 16.9 Å². The smallest absolute Gasteiger partial charge is 0.143 e. The van der Waals surface area contributed by atoms with Crippen molar-refractivity contribution in [3.63, 3.8) is 0 Å². The van der Waals surface area contributed by atoms with Gasteiger partial charge in [0.2, 0.25) is 0 Å². The summed E-state index contributed by atoms with van der Waals surface area (Å²) in [4.78, 5) is 10.9. The van der Waals surface area contributed by atoms with E-state index >= 15 is 0 Å². The Morgan fingerprint density at radius 3 is 2.66 bits per heavy atom. The van der Waals surface area contributed by atoms with Crippen molar-refractivity contribution in [2.24, 2.45) is 4.99 Å². The molecule has 0 spiro atoms. The monoisotopic (exact) mass is 511 g/mol. The molecule has 0 unspecified atom stereocenters. The maximum absolute atomic E-state index is 8.29. The Kier molecular flexibility index (Phi) is 8.41. The number of nitrogens with one attached hydrogen (secondary N) is 3. The molecule has 38 heavy (non-hydrogen) atoms. The molecule has 3 aromatic rings. The van der Waals surface area contributed by atoms with Crippen LogP contribution in [0, 0.1) is 10.8 Å². The number of amidine groups is 2. The molecule has 8 nitrogen and oxygen atoms in total. The highest BCUT2D eigenvalue weighted by molar-refractivity contribution is 6.03. The first-order valence-corrected chi connectivity index (χ1v) is 13.0. The van der Waals surface area contributed by atoms with Crippen molar-refractivity contribution in [1.82, 2.24) is 14.5 Å². The highest BCUT2D eigenvalue weighted by atomic mass is 16.5. The molecule has 4 rings (SSSR count). The molecule has 0 amide bonds. The summed E-state index contributed by atoms with van der Waals surface area (Å²) in [5.41, 5.74) is 6.05. The van der Waals surface area contributed by atoms with Gasteiger partial charge in [0.15, 0.2) is 0 Å². The van der Waals surface area contributed by atoms with E-state index in [1.54, 1.807) is 26.4 Å². The largest absolute Gasteiger partial charge is 0.495 e. The number of allylic oxidation sites excluding steroid dienone is 1. The topological polar surface area (TPSA) is 102 Å². The van der Waals surface area contributed by atoms with Crippen LogP contribution in [0.2, 0.25) is 0 Å². The fourth-order valence-corrected chi connectivity index (χ4v) is 4.47. The van der Waals surface area contributed by atoms with Gasteiger partial charge in [0, 0.05) is 42.2 Å². The van der Waals surface area contributed by atoms with Crippen molar-refractivity contribution in [2.45, 2.75) is 52.5 Å². The maximum Gasteiger partial charge on any atom is 0.143 e. The SMILES string of the molecule is CCC(C)=Cc1cc(-c2cccnc2)n(C2CCC2)c1/N=C(\C)Nc1ccc(C(=N)N(C)C=N)cc1OC. The molecule has 0 bridgehead atoms. The normalized spacial score (nSPS) is 14.1. The Morgan fingerprint density at radius 1 is 1.26 bits per heavy atom. The van der Waals surface area contributed by atoms with Crippen LogP contribution >= 0.6 is 0 Å². The number of hydrogen-bond donors (Lipinski definition) is 3. The third-order valence-corrected chi connectivity index (χ3v) is 7.01. The highest BCUT2D eigenvalue weighted by Crippen LogP contribution is 2.43. The lowest BCUT2D eigenvalue weighted by Gasteiger charge is -2.30. The number of methoxy groups -OCH3 is 1. The summed E-state index contributed by atoms with van der Waals surface area (Å²) in [7, 11) is 3.28. The molecule has 0 atom stereocenters. The van der Waals surface area contributed by atoms with E-state index in [9.17, 15) is 0 Å². The fraction of sp³-hybridized carbons (Fsp3) is 0.333. The Balaban J connectivity index is 1.76. The average Bonchev–Trinajstić information content (AvgIpc) is 3.24. The van der Waals surface area contributed by atoms with E-state index < -0.39 is 0 Å². The zero-order chi connectivity index (χ0) is 27.2. The molecule has 1 aliphatic rings. The van der Waals surface area contributed by atoms with Crippen molar-refractivity contribution >= 4 is 35.6 Å². The number of nitrogens with zero attached hydrogens (tertiary/aromatic N) is 4. The lowest BCUT2D eigenvalue weighted by Crippen LogP contribution is -2.24. The Bertz CT molecular complexity index is 1370. The average molecular weight is 512 g/mol. The molecule has 0 aliphatic heterocycles. The van der Waals surface area contributed by atoms with Crippen LogP contribution in [0.15, 0.2) is 59.4 Å². The second-order valence-corrected chi connectivity index (χ2v) is 9.68. The summed E-state index contributed by atoms with van der Waals surface area (Å²) in [6.45, 7) is 6.28. The number of rotatable bonds is 9. The summed E-state index contributed by atoms with van der Waals surface area (Å²) < 4.78 is 8.01. The third kappa shape index (κ3) is 5.69. The Labute approximate surface area is 225 Å². The van der Waals surface area contributed by atoms with Gasteiger partial charge in [-0.15, -0.1) is 0 Å². The van der Waals surface area contributed by atoms with Gasteiger partial charge in [-0.2, -0.15) is 0 Å². The minimum atomic E-state index is 0.221. The van der Waals surface area contributed by atoms with Gasteiger partial charge >= 0.3 is 0 Å². The standard InChI is InChI=1S/C30H37N7O/c1-6-20(2)15-24-16-27(23-9-8-14-33-18-23)37(25-10-7-11-25)30(24)35-21(3)34-26-13-12-22(17-28(26)38-5)29(32)36(4)19-31/h8-9,12-19,25,31-32H,6-7,10-11H2,1-5H3,(H,34,35). The number of ether oxygens (including phenoxy) is 1. The molecule has 1 saturated carbocycles. The Hall–Kier alpha value is -4.20. The molecule has 1 aliphatic carbocycles. The van der Waals surface area contributed by atoms with Crippen LogP contribution < -0.4 is 10.1 Å². The molecular weight excluding hydrogens is 474 g/mol. The van der Waals surface area contributed by atoms with E-state index in [4.69, 9.17) is 20.5 Å². The zero-order valence-electron chi connectivity index (χ0n) is 22.9. The number of aromatic nitrogens is 2. The second kappa shape index (κ2) is 11.9. The van der Waals surface area contributed by atoms with Crippen LogP contribution in [0.3, 0.4) is 0 Å². The summed E-state index contributed by atoms with van der Waals surface area (Å²) in [6.07, 6.45) is 11.5. The van der Waals surface area contributed by atoms with Crippen LogP contribution in [-0.2, 0) is 0 Å². The van der Waals surface area contributed by atoms with E-state index in [1.807, 2.05) is 31.3 Å². The summed E-state index contributed by atoms with van der Waals surface area (Å²) >= 11 is 0. The first-order chi connectivity index (χ1) is 18.4. The van der Waals surface area contributed by atoms with Crippen LogP contribution in [0.4, 0.5) is 11.5 Å². The van der Waals surface area contributed by atoms with Crippen LogP contribution in [0.25, 0.3) is 17.3 Å². The molecule has 0 saturated heterocycles. The molecule has 1 aromatic carbocycles. The minimum absolute atomic E-state index is 0.221. The van der Waals surface area contributed by atoms with Gasteiger partial charge in [-0.3, -0.25) is 15.8 Å². The minimum Gasteiger partial charge on any atom is -0.495 e. The maximum atomic E-state index is 8.29. The predicted octanol–water partition coefficient (Wildman–Crippen LogP) is 7.12. The quantitative estimate of drug-likeness (QED) is 0.210. The number of anilines is 1. The van der Waals surface area contributed by atoms with E-state index in [2.05, 4.69) is 46.9 Å². The van der Waals surface area contributed by atoms with Crippen molar-refractivity contribution in [2.75, 3.05) is 19.5 Å². The van der Waals surface area contributed by atoms with Gasteiger partial charge in [0.25, 0.3) is 0 Å². The molecular formula is C30H37N7O. The molecule has 8 heteroatoms. The van der Waals surface area contributed by atoms with E-state index in [-0.39, 0.29) is 5.84 Å². The summed E-state index contributed by atoms with van der Waals surface area (Å²) in [5, 5.41) is 19.1. The molecule has 2 heterocycles. The first-order valence-electron chi connectivity index (χ1n) is 13.0. The number of pyridine rings is 1. The second-order valence-electron chi connectivity index (χ2n) is 9.68. The van der Waals surface area contributed by atoms with Crippen LogP contribution in [-0.4, -0.2) is 46.6 Å². The fourth-order valence-electron chi connectivity index (χ4n) is 4.47. The lowest BCUT2D eigenvalue weighted by atomic mass is 9.92. The van der Waals surface area contributed by atoms with Gasteiger partial charge in [-0.05, 0) is 75.9 Å².